The molecule has 0 saturated carbocycles. The van der Waals surface area contributed by atoms with Crippen LogP contribution in [0.5, 0.6) is 0 Å². The summed E-state index contributed by atoms with van der Waals surface area (Å²) < 4.78 is 51.3. The Labute approximate surface area is 187 Å². The second-order valence-corrected chi connectivity index (χ2v) is 9.68. The molecule has 0 bridgehead atoms. The molecule has 0 aromatic heterocycles. The summed E-state index contributed by atoms with van der Waals surface area (Å²) in [6.07, 6.45) is 5.29. The fraction of sp³-hybridized carbons (Fsp3) is 0.500. The molecule has 0 fully saturated rings. The molecule has 2 rings (SSSR count). The zero-order valence-corrected chi connectivity index (χ0v) is 19.1. The predicted octanol–water partition coefficient (Wildman–Crippen LogP) is 4.84. The number of hydrogen-bond acceptors (Lipinski definition) is 6. The first-order valence-electron chi connectivity index (χ1n) is 10.2. The van der Waals surface area contributed by atoms with Crippen LogP contribution in [0.4, 0.5) is 14.9 Å². The molecule has 7 nitrogen and oxygen atoms in total. The molecule has 1 aliphatic carbocycles. The lowest BCUT2D eigenvalue weighted by atomic mass is 9.49. The average molecular weight is 474 g/mol. The van der Waals surface area contributed by atoms with Gasteiger partial charge in [-0.15, -0.1) is 0 Å². The number of esters is 1. The molecule has 1 atom stereocenters. The number of hydrogen-bond donors (Lipinski definition) is 1. The standard InChI is InChI=1S/C20H26BClFNO6S/c1-3-4-11-21(2)20(26)30-13-29-19(25)15-7-5-6-8-18(15)31(27,28)24-17-10-9-14(23)12-16(17)22/h7,9-10,12,18,24H,3-6,8,11,13H2,1-2H3. The Morgan fingerprint density at radius 2 is 2.06 bits per heavy atom. The van der Waals surface area contributed by atoms with Crippen LogP contribution >= 0.6 is 11.6 Å². The maximum absolute atomic E-state index is 13.2. The molecule has 31 heavy (non-hydrogen) atoms. The van der Waals surface area contributed by atoms with Gasteiger partial charge in [-0.25, -0.2) is 17.6 Å². The second-order valence-electron chi connectivity index (χ2n) is 7.41. The van der Waals surface area contributed by atoms with E-state index in [9.17, 15) is 22.4 Å². The van der Waals surface area contributed by atoms with Gasteiger partial charge in [-0.05, 0) is 37.5 Å². The monoisotopic (exact) mass is 473 g/mol. The number of carbonyl (C=O) groups excluding carboxylic acids is 2. The van der Waals surface area contributed by atoms with Gasteiger partial charge in [0.1, 0.15) is 11.1 Å². The van der Waals surface area contributed by atoms with Gasteiger partial charge in [0.15, 0.2) is 0 Å². The summed E-state index contributed by atoms with van der Waals surface area (Å²) >= 11 is 5.91. The van der Waals surface area contributed by atoms with Crippen molar-refractivity contribution in [3.8, 4) is 0 Å². The fourth-order valence-corrected chi connectivity index (χ4v) is 5.08. The third kappa shape index (κ3) is 7.24. The molecule has 11 heteroatoms. The van der Waals surface area contributed by atoms with E-state index in [1.807, 2.05) is 6.92 Å². The lowest BCUT2D eigenvalue weighted by Gasteiger charge is -2.24. The molecule has 170 valence electrons. The highest BCUT2D eigenvalue weighted by Gasteiger charge is 2.35. The number of unbranched alkanes of at least 4 members (excludes halogenated alkanes) is 1. The topological polar surface area (TPSA) is 98.8 Å². The maximum atomic E-state index is 13.2. The summed E-state index contributed by atoms with van der Waals surface area (Å²) in [5.74, 6) is -1.95. The molecule has 0 saturated heterocycles. The van der Waals surface area contributed by atoms with Gasteiger partial charge < -0.3 is 9.47 Å². The number of anilines is 1. The first-order chi connectivity index (χ1) is 14.7. The van der Waals surface area contributed by atoms with Gasteiger partial charge in [0, 0.05) is 0 Å². The van der Waals surface area contributed by atoms with E-state index in [1.54, 1.807) is 6.82 Å². The van der Waals surface area contributed by atoms with Crippen molar-refractivity contribution in [2.24, 2.45) is 0 Å². The van der Waals surface area contributed by atoms with Crippen molar-refractivity contribution in [3.05, 3.63) is 40.7 Å². The van der Waals surface area contributed by atoms with Gasteiger partial charge >= 0.3 is 5.97 Å². The molecule has 0 aliphatic heterocycles. The normalized spacial score (nSPS) is 16.3. The Kier molecular flexibility index (Phi) is 9.37. The summed E-state index contributed by atoms with van der Waals surface area (Å²) in [5.41, 5.74) is -0.0246. The number of allylic oxidation sites excluding steroid dienone is 1. The number of carbonyl (C=O) groups is 2. The van der Waals surface area contributed by atoms with Gasteiger partial charge in [-0.2, -0.15) is 0 Å². The highest BCUT2D eigenvalue weighted by molar-refractivity contribution is 7.93. The maximum Gasteiger partial charge on any atom is 0.337 e. The molecular weight excluding hydrogens is 448 g/mol. The Morgan fingerprint density at radius 1 is 1.32 bits per heavy atom. The zero-order valence-electron chi connectivity index (χ0n) is 17.5. The molecule has 0 amide bonds. The van der Waals surface area contributed by atoms with Gasteiger partial charge in [-0.1, -0.05) is 50.6 Å². The van der Waals surface area contributed by atoms with Crippen LogP contribution in [-0.4, -0.2) is 39.0 Å². The number of ether oxygens (including phenoxy) is 2. The van der Waals surface area contributed by atoms with E-state index in [4.69, 9.17) is 21.1 Å². The molecule has 1 aromatic rings. The van der Waals surface area contributed by atoms with E-state index in [0.29, 0.717) is 19.2 Å². The SMILES string of the molecule is CCCCB(C)C(=O)OCOC(=O)C1=CCCCC1S(=O)(=O)Nc1ccc(F)cc1Cl. The summed E-state index contributed by atoms with van der Waals surface area (Å²) in [7, 11) is -4.06. The number of halogens is 2. The number of benzene rings is 1. The smallest absolute Gasteiger partial charge is 0.337 e. The lowest BCUT2D eigenvalue weighted by molar-refractivity contribution is -0.146. The van der Waals surface area contributed by atoms with Gasteiger partial charge in [0.05, 0.1) is 16.3 Å². The summed E-state index contributed by atoms with van der Waals surface area (Å²) in [6.45, 7) is 2.85. The summed E-state index contributed by atoms with van der Waals surface area (Å²) in [5, 5.41) is -1.27. The van der Waals surface area contributed by atoms with Crippen molar-refractivity contribution >= 4 is 45.9 Å². The first-order valence-corrected chi connectivity index (χ1v) is 12.1. The van der Waals surface area contributed by atoms with Crippen LogP contribution in [0, 0.1) is 5.82 Å². The van der Waals surface area contributed by atoms with Crippen molar-refractivity contribution in [2.75, 3.05) is 11.5 Å². The summed E-state index contributed by atoms with van der Waals surface area (Å²) in [4.78, 5) is 24.4. The Hall–Kier alpha value is -2.07. The minimum absolute atomic E-state index is 0.0105. The zero-order chi connectivity index (χ0) is 23.0. The molecule has 1 N–H and O–H groups in total. The van der Waals surface area contributed by atoms with Crippen molar-refractivity contribution in [3.63, 3.8) is 0 Å². The van der Waals surface area contributed by atoms with Crippen LogP contribution in [0.25, 0.3) is 0 Å². The highest BCUT2D eigenvalue weighted by Crippen LogP contribution is 2.30. The van der Waals surface area contributed by atoms with Crippen LogP contribution in [0.15, 0.2) is 29.8 Å². The van der Waals surface area contributed by atoms with E-state index in [-0.39, 0.29) is 29.4 Å². The van der Waals surface area contributed by atoms with Crippen molar-refractivity contribution in [2.45, 2.75) is 57.4 Å². The minimum atomic E-state index is -4.06. The van der Waals surface area contributed by atoms with E-state index in [2.05, 4.69) is 4.72 Å². The van der Waals surface area contributed by atoms with Crippen LogP contribution in [-0.2, 0) is 24.3 Å². The van der Waals surface area contributed by atoms with E-state index < -0.39 is 39.7 Å². The molecule has 0 spiro atoms. The fourth-order valence-electron chi connectivity index (χ4n) is 3.18. The van der Waals surface area contributed by atoms with Crippen molar-refractivity contribution < 1.29 is 31.9 Å². The van der Waals surface area contributed by atoms with E-state index >= 15 is 0 Å². The molecule has 1 unspecified atom stereocenters. The van der Waals surface area contributed by atoms with Gasteiger partial charge in [0.25, 0.3) is 12.6 Å². The third-order valence-corrected chi connectivity index (χ3v) is 7.02. The van der Waals surface area contributed by atoms with E-state index in [1.165, 1.54) is 12.1 Å². The Morgan fingerprint density at radius 3 is 2.74 bits per heavy atom. The van der Waals surface area contributed by atoms with Crippen molar-refractivity contribution in [1.82, 2.24) is 0 Å². The Bertz CT molecular complexity index is 940. The van der Waals surface area contributed by atoms with Gasteiger partial charge in [0.2, 0.25) is 16.8 Å². The number of sulfonamides is 1. The van der Waals surface area contributed by atoms with Gasteiger partial charge in [-0.3, -0.25) is 9.52 Å². The molecular formula is C20H26BClFNO6S. The highest BCUT2D eigenvalue weighted by atomic mass is 35.5. The predicted molar refractivity (Wildman–Crippen MR) is 118 cm³/mol. The largest absolute Gasteiger partial charge is 0.436 e. The number of nitrogens with one attached hydrogen (secondary N) is 1. The second kappa shape index (κ2) is 11.5. The molecule has 0 radical (unpaired) electrons. The van der Waals surface area contributed by atoms with E-state index in [0.717, 1.165) is 25.0 Å². The van der Waals surface area contributed by atoms with Crippen LogP contribution < -0.4 is 4.72 Å². The quantitative estimate of drug-likeness (QED) is 0.296. The summed E-state index contributed by atoms with van der Waals surface area (Å²) in [6, 6.07) is 3.27. The molecule has 0 heterocycles. The molecule has 1 aliphatic rings. The van der Waals surface area contributed by atoms with Crippen LogP contribution in [0.3, 0.4) is 0 Å². The first kappa shape index (κ1) is 25.2. The number of rotatable bonds is 10. The van der Waals surface area contributed by atoms with Crippen molar-refractivity contribution in [1.29, 1.82) is 0 Å². The Balaban J connectivity index is 2.01. The minimum Gasteiger partial charge on any atom is -0.436 e. The molecule has 1 aromatic carbocycles. The average Bonchev–Trinajstić information content (AvgIpc) is 2.73. The van der Waals surface area contributed by atoms with Crippen LogP contribution in [0.1, 0.15) is 39.0 Å². The lowest BCUT2D eigenvalue weighted by Crippen LogP contribution is -2.35. The third-order valence-electron chi connectivity index (χ3n) is 4.96. The van der Waals surface area contributed by atoms with Crippen LogP contribution in [0.2, 0.25) is 18.2 Å².